The number of nitrogens with zero attached hydrogens (tertiary/aromatic N) is 3. The number of hydrazone groups is 1. The van der Waals surface area contributed by atoms with E-state index in [0.717, 1.165) is 24.2 Å². The molecule has 0 unspecified atom stereocenters. The molecule has 0 atom stereocenters. The van der Waals surface area contributed by atoms with Gasteiger partial charge < -0.3 is 10.2 Å². The van der Waals surface area contributed by atoms with Crippen LogP contribution in [0.15, 0.2) is 59.7 Å². The second kappa shape index (κ2) is 9.17. The number of anilines is 2. The number of amides is 2. The summed E-state index contributed by atoms with van der Waals surface area (Å²) in [4.78, 5) is 26.9. The Morgan fingerprint density at radius 3 is 2.68 bits per heavy atom. The minimum Gasteiger partial charge on any atom is -0.375 e. The highest BCUT2D eigenvalue weighted by atomic mass is 16.2. The van der Waals surface area contributed by atoms with Gasteiger partial charge in [0.2, 0.25) is 5.91 Å². The number of nitrogens with one attached hydrogen (secondary N) is 1. The van der Waals surface area contributed by atoms with Gasteiger partial charge in [0.05, 0.1) is 5.69 Å². The van der Waals surface area contributed by atoms with Crippen molar-refractivity contribution in [3.05, 3.63) is 60.2 Å². The quantitative estimate of drug-likeness (QED) is 0.753. The average molecular weight is 378 g/mol. The summed E-state index contributed by atoms with van der Waals surface area (Å²) in [5.41, 5.74) is 3.29. The van der Waals surface area contributed by atoms with Crippen LogP contribution in [0.2, 0.25) is 0 Å². The first-order valence-electron chi connectivity index (χ1n) is 9.56. The molecular weight excluding hydrogens is 352 g/mol. The molecule has 0 bridgehead atoms. The number of benzene rings is 2. The summed E-state index contributed by atoms with van der Waals surface area (Å²) in [6.45, 7) is 3.36. The number of hydrogen-bond acceptors (Lipinski definition) is 4. The fourth-order valence-corrected chi connectivity index (χ4v) is 3.11. The molecule has 0 aromatic heterocycles. The lowest BCUT2D eigenvalue weighted by Crippen LogP contribution is -2.39. The fraction of sp³-hybridized carbons (Fsp3) is 0.318. The summed E-state index contributed by atoms with van der Waals surface area (Å²) in [6, 6.07) is 17.7. The van der Waals surface area contributed by atoms with E-state index in [2.05, 4.69) is 27.5 Å². The maximum absolute atomic E-state index is 12.5. The molecule has 1 aliphatic heterocycles. The number of hydrogen-bond donors (Lipinski definition) is 1. The van der Waals surface area contributed by atoms with Gasteiger partial charge in [0.15, 0.2) is 0 Å². The zero-order chi connectivity index (χ0) is 19.9. The molecular formula is C22H26N4O2. The molecule has 1 N–H and O–H groups in total. The highest BCUT2D eigenvalue weighted by molar-refractivity contribution is 6.40. The summed E-state index contributed by atoms with van der Waals surface area (Å²) in [7, 11) is 2.04. The zero-order valence-electron chi connectivity index (χ0n) is 16.4. The summed E-state index contributed by atoms with van der Waals surface area (Å²) in [5.74, 6) is -0.292. The Kier molecular flexibility index (Phi) is 6.42. The van der Waals surface area contributed by atoms with Crippen molar-refractivity contribution < 1.29 is 9.59 Å². The standard InChI is InChI=1S/C22H26N4O2/c1-17-8-6-11-19(16-17)26-21(27)13-12-20(24-26)22(28)23-14-7-15-25(2)18-9-4-3-5-10-18/h3-6,8-11,16H,7,12-15H2,1-2H3,(H,23,28). The van der Waals surface area contributed by atoms with Gasteiger partial charge in [0, 0.05) is 38.7 Å². The van der Waals surface area contributed by atoms with Gasteiger partial charge in [-0.05, 0) is 43.2 Å². The van der Waals surface area contributed by atoms with Crippen molar-refractivity contribution in [1.82, 2.24) is 5.32 Å². The minimum atomic E-state index is -0.201. The van der Waals surface area contributed by atoms with E-state index in [9.17, 15) is 9.59 Å². The van der Waals surface area contributed by atoms with Crippen LogP contribution in [0.25, 0.3) is 0 Å². The zero-order valence-corrected chi connectivity index (χ0v) is 16.4. The Hall–Kier alpha value is -3.15. The van der Waals surface area contributed by atoms with Gasteiger partial charge >= 0.3 is 0 Å². The van der Waals surface area contributed by atoms with Crippen molar-refractivity contribution in [3.63, 3.8) is 0 Å². The van der Waals surface area contributed by atoms with Crippen LogP contribution < -0.4 is 15.2 Å². The average Bonchev–Trinajstić information content (AvgIpc) is 2.72. The molecule has 0 saturated heterocycles. The SMILES string of the molecule is Cc1cccc(N2N=C(C(=O)NCCCN(C)c3ccccc3)CCC2=O)c1. The summed E-state index contributed by atoms with van der Waals surface area (Å²) in [6.07, 6.45) is 1.48. The van der Waals surface area contributed by atoms with Crippen molar-refractivity contribution >= 4 is 28.9 Å². The summed E-state index contributed by atoms with van der Waals surface area (Å²) in [5, 5.41) is 8.58. The predicted molar refractivity (Wildman–Crippen MR) is 113 cm³/mol. The maximum atomic E-state index is 12.5. The summed E-state index contributed by atoms with van der Waals surface area (Å²) < 4.78 is 0. The summed E-state index contributed by atoms with van der Waals surface area (Å²) >= 11 is 0. The van der Waals surface area contributed by atoms with Crippen LogP contribution in [0.5, 0.6) is 0 Å². The van der Waals surface area contributed by atoms with Crippen molar-refractivity contribution in [3.8, 4) is 0 Å². The minimum absolute atomic E-state index is 0.0911. The normalized spacial score (nSPS) is 13.9. The Morgan fingerprint density at radius 2 is 1.93 bits per heavy atom. The topological polar surface area (TPSA) is 65.0 Å². The second-order valence-corrected chi connectivity index (χ2v) is 6.96. The Balaban J connectivity index is 1.53. The van der Waals surface area contributed by atoms with E-state index in [-0.39, 0.29) is 18.2 Å². The van der Waals surface area contributed by atoms with Gasteiger partial charge in [-0.2, -0.15) is 5.10 Å². The molecule has 1 aliphatic rings. The van der Waals surface area contributed by atoms with Crippen molar-refractivity contribution in [1.29, 1.82) is 0 Å². The molecule has 2 aromatic carbocycles. The van der Waals surface area contributed by atoms with Crippen molar-refractivity contribution in [2.45, 2.75) is 26.2 Å². The van der Waals surface area contributed by atoms with Crippen molar-refractivity contribution in [2.75, 3.05) is 30.0 Å². The third-order valence-electron chi connectivity index (χ3n) is 4.69. The van der Waals surface area contributed by atoms with Gasteiger partial charge in [0.25, 0.3) is 5.91 Å². The van der Waals surface area contributed by atoms with E-state index >= 15 is 0 Å². The van der Waals surface area contributed by atoms with Crippen LogP contribution in [0, 0.1) is 6.92 Å². The fourth-order valence-electron chi connectivity index (χ4n) is 3.11. The lowest BCUT2D eigenvalue weighted by atomic mass is 10.1. The van der Waals surface area contributed by atoms with E-state index in [0.29, 0.717) is 24.4 Å². The van der Waals surface area contributed by atoms with Crippen LogP contribution >= 0.6 is 0 Å². The van der Waals surface area contributed by atoms with Crippen LogP contribution in [-0.2, 0) is 9.59 Å². The molecule has 3 rings (SSSR count). The predicted octanol–water partition coefficient (Wildman–Crippen LogP) is 3.12. The molecule has 2 aromatic rings. The molecule has 0 radical (unpaired) electrons. The molecule has 28 heavy (non-hydrogen) atoms. The number of aryl methyl sites for hydroxylation is 1. The van der Waals surface area contributed by atoms with Crippen LogP contribution in [0.1, 0.15) is 24.8 Å². The van der Waals surface area contributed by atoms with Gasteiger partial charge in [-0.25, -0.2) is 5.01 Å². The molecule has 0 aliphatic carbocycles. The molecule has 6 nitrogen and oxygen atoms in total. The van der Waals surface area contributed by atoms with E-state index in [1.165, 1.54) is 5.01 Å². The molecule has 6 heteroatoms. The smallest absolute Gasteiger partial charge is 0.267 e. The monoisotopic (exact) mass is 378 g/mol. The number of para-hydroxylation sites is 1. The van der Waals surface area contributed by atoms with Gasteiger partial charge in [0.1, 0.15) is 5.71 Å². The van der Waals surface area contributed by atoms with Gasteiger partial charge in [-0.15, -0.1) is 0 Å². The van der Waals surface area contributed by atoms with Crippen LogP contribution in [-0.4, -0.2) is 37.7 Å². The largest absolute Gasteiger partial charge is 0.375 e. The Bertz CT molecular complexity index is 864. The molecule has 0 saturated carbocycles. The first-order valence-corrected chi connectivity index (χ1v) is 9.56. The lowest BCUT2D eigenvalue weighted by molar-refractivity contribution is -0.118. The third-order valence-corrected chi connectivity index (χ3v) is 4.69. The Morgan fingerprint density at radius 1 is 1.14 bits per heavy atom. The maximum Gasteiger partial charge on any atom is 0.267 e. The van der Waals surface area contributed by atoms with E-state index in [1.807, 2.05) is 56.4 Å². The molecule has 0 fully saturated rings. The van der Waals surface area contributed by atoms with Gasteiger partial charge in [-0.3, -0.25) is 9.59 Å². The first kappa shape index (κ1) is 19.6. The second-order valence-electron chi connectivity index (χ2n) is 6.96. The van der Waals surface area contributed by atoms with Crippen LogP contribution in [0.4, 0.5) is 11.4 Å². The lowest BCUT2D eigenvalue weighted by Gasteiger charge is -2.23. The molecule has 2 amide bonds. The van der Waals surface area contributed by atoms with E-state index in [1.54, 1.807) is 0 Å². The van der Waals surface area contributed by atoms with Crippen LogP contribution in [0.3, 0.4) is 0 Å². The van der Waals surface area contributed by atoms with E-state index < -0.39 is 0 Å². The number of carbonyl (C=O) groups is 2. The first-order chi connectivity index (χ1) is 13.5. The molecule has 0 spiro atoms. The highest BCUT2D eigenvalue weighted by Gasteiger charge is 2.25. The molecule has 1 heterocycles. The molecule has 146 valence electrons. The Labute approximate surface area is 165 Å². The number of rotatable bonds is 7. The third kappa shape index (κ3) is 4.97. The van der Waals surface area contributed by atoms with Crippen molar-refractivity contribution in [2.24, 2.45) is 5.10 Å². The highest BCUT2D eigenvalue weighted by Crippen LogP contribution is 2.21. The van der Waals surface area contributed by atoms with Gasteiger partial charge in [-0.1, -0.05) is 30.3 Å². The van der Waals surface area contributed by atoms with E-state index in [4.69, 9.17) is 0 Å². The number of carbonyl (C=O) groups excluding carboxylic acids is 2.